The maximum Gasteiger partial charge on any atom is 0.338 e. The van der Waals surface area contributed by atoms with E-state index in [1.54, 1.807) is 25.3 Å². The van der Waals surface area contributed by atoms with E-state index in [1.807, 2.05) is 103 Å². The number of nitrogens with one attached hydrogen (secondary N) is 1. The second kappa shape index (κ2) is 15.5. The van der Waals surface area contributed by atoms with E-state index in [0.717, 1.165) is 20.3 Å². The summed E-state index contributed by atoms with van der Waals surface area (Å²) in [4.78, 5) is 42.6. The molecule has 1 aliphatic heterocycles. The van der Waals surface area contributed by atoms with Gasteiger partial charge in [-0.05, 0) is 58.5 Å². The van der Waals surface area contributed by atoms with E-state index in [0.29, 0.717) is 11.1 Å². The number of aliphatic hydroxyl groups excluding tert-OH is 1. The van der Waals surface area contributed by atoms with E-state index >= 15 is 0 Å². The Morgan fingerprint density at radius 2 is 1.49 bits per heavy atom. The number of ether oxygens (including phenoxy) is 3. The van der Waals surface area contributed by atoms with Crippen molar-refractivity contribution in [3.63, 3.8) is 0 Å². The number of likely N-dealkylation sites (N-methyl/N-ethyl adjacent to an activating group) is 1. The molecule has 0 spiro atoms. The van der Waals surface area contributed by atoms with Crippen LogP contribution in [0.2, 0.25) is 0 Å². The minimum atomic E-state index is -1.34. The van der Waals surface area contributed by atoms with E-state index in [9.17, 15) is 19.5 Å². The Balaban J connectivity index is 1.36. The predicted molar refractivity (Wildman–Crippen MR) is 191 cm³/mol. The Hall–Kier alpha value is -4.36. The summed E-state index contributed by atoms with van der Waals surface area (Å²) in [7, 11) is 1.58. The summed E-state index contributed by atoms with van der Waals surface area (Å²) >= 11 is 2.17. The zero-order valence-electron chi connectivity index (χ0n) is 26.9. The first-order valence-corrected chi connectivity index (χ1v) is 17.2. The molecule has 10 heteroatoms. The van der Waals surface area contributed by atoms with Gasteiger partial charge in [-0.15, -0.1) is 0 Å². The summed E-state index contributed by atoms with van der Waals surface area (Å²) in [6.07, 6.45) is -0.374. The van der Waals surface area contributed by atoms with Crippen molar-refractivity contribution >= 4 is 40.4 Å². The molecule has 252 valence electrons. The molecule has 4 atom stereocenters. The Morgan fingerprint density at radius 1 is 0.898 bits per heavy atom. The lowest BCUT2D eigenvalue weighted by atomic mass is 9.90. The molecule has 4 aromatic carbocycles. The SMILES string of the molecule is CN(C(=O)C1=CC2OC(c3ccccc3)(c3ccccc3)OC2C(OC(=O)c2ccc(I)cc2)C1)C(Cc1ccccc1)C(=O)NCCO. The lowest BCUT2D eigenvalue weighted by Gasteiger charge is -2.33. The maximum absolute atomic E-state index is 14.3. The molecule has 4 unspecified atom stereocenters. The number of esters is 1. The molecule has 0 aromatic heterocycles. The van der Waals surface area contributed by atoms with Crippen LogP contribution in [0.5, 0.6) is 0 Å². The standard InChI is InChI=1S/C39H37IN2O7/c1-42(32(36(44)41-21-22-43)23-26-11-5-2-6-12-26)37(45)28-24-33(47-38(46)27-17-19-31(40)20-18-27)35-34(25-28)48-39(49-35,29-13-7-3-8-14-29)30-15-9-4-10-16-30/h2-20,25,32-35,43H,21-24H2,1H3,(H,41,44). The number of fused-ring (bicyclic) bond motifs is 1. The average molecular weight is 773 g/mol. The molecule has 49 heavy (non-hydrogen) atoms. The summed E-state index contributed by atoms with van der Waals surface area (Å²) < 4.78 is 20.8. The fourth-order valence-electron chi connectivity index (χ4n) is 6.28. The van der Waals surface area contributed by atoms with Crippen molar-refractivity contribution in [1.82, 2.24) is 10.2 Å². The van der Waals surface area contributed by atoms with Crippen LogP contribution in [0.25, 0.3) is 0 Å². The number of benzene rings is 4. The van der Waals surface area contributed by atoms with Crippen LogP contribution in [0.3, 0.4) is 0 Å². The molecule has 0 saturated carbocycles. The molecular formula is C39H37IN2O7. The second-order valence-corrected chi connectivity index (χ2v) is 13.2. The lowest BCUT2D eigenvalue weighted by Crippen LogP contribution is -2.51. The Morgan fingerprint density at radius 3 is 2.08 bits per heavy atom. The number of halogens is 1. The van der Waals surface area contributed by atoms with Crippen molar-refractivity contribution in [3.8, 4) is 0 Å². The molecule has 4 aromatic rings. The van der Waals surface area contributed by atoms with Crippen LogP contribution in [0, 0.1) is 3.57 Å². The highest BCUT2D eigenvalue weighted by atomic mass is 127. The highest BCUT2D eigenvalue weighted by Gasteiger charge is 2.55. The van der Waals surface area contributed by atoms with Gasteiger partial charge in [0.1, 0.15) is 24.4 Å². The fourth-order valence-corrected chi connectivity index (χ4v) is 6.64. The zero-order chi connectivity index (χ0) is 34.4. The highest BCUT2D eigenvalue weighted by molar-refractivity contribution is 14.1. The molecular weight excluding hydrogens is 735 g/mol. The van der Waals surface area contributed by atoms with E-state index in [1.165, 1.54) is 4.90 Å². The third-order valence-corrected chi connectivity index (χ3v) is 9.49. The summed E-state index contributed by atoms with van der Waals surface area (Å²) in [6, 6.07) is 34.7. The highest BCUT2D eigenvalue weighted by Crippen LogP contribution is 2.47. The number of amides is 2. The number of aliphatic hydroxyl groups is 1. The first-order chi connectivity index (χ1) is 23.8. The third kappa shape index (κ3) is 7.62. The quantitative estimate of drug-likeness (QED) is 0.163. The van der Waals surface area contributed by atoms with E-state index < -0.39 is 47.9 Å². The molecule has 1 saturated heterocycles. The molecule has 2 aliphatic rings. The minimum Gasteiger partial charge on any atom is -0.456 e. The molecule has 0 radical (unpaired) electrons. The van der Waals surface area contributed by atoms with Gasteiger partial charge in [0.15, 0.2) is 0 Å². The van der Waals surface area contributed by atoms with E-state index in [2.05, 4.69) is 27.9 Å². The van der Waals surface area contributed by atoms with Crippen LogP contribution in [-0.2, 0) is 36.0 Å². The molecule has 1 fully saturated rings. The van der Waals surface area contributed by atoms with Gasteiger partial charge in [0.25, 0.3) is 0 Å². The van der Waals surface area contributed by atoms with Gasteiger partial charge in [-0.25, -0.2) is 4.79 Å². The molecule has 1 heterocycles. The minimum absolute atomic E-state index is 0.0415. The number of hydrogen-bond donors (Lipinski definition) is 2. The van der Waals surface area contributed by atoms with Crippen molar-refractivity contribution in [1.29, 1.82) is 0 Å². The van der Waals surface area contributed by atoms with Crippen molar-refractivity contribution < 1.29 is 33.7 Å². The van der Waals surface area contributed by atoms with E-state index in [-0.39, 0.29) is 26.0 Å². The van der Waals surface area contributed by atoms with Gasteiger partial charge in [0, 0.05) is 46.7 Å². The fraction of sp³-hybridized carbons (Fsp3) is 0.256. The van der Waals surface area contributed by atoms with Crippen LogP contribution < -0.4 is 5.32 Å². The smallest absolute Gasteiger partial charge is 0.338 e. The van der Waals surface area contributed by atoms with Crippen LogP contribution in [0.15, 0.2) is 127 Å². The molecule has 9 nitrogen and oxygen atoms in total. The first kappa shape index (κ1) is 34.5. The van der Waals surface area contributed by atoms with Gasteiger partial charge in [-0.3, -0.25) is 9.59 Å². The zero-order valence-corrected chi connectivity index (χ0v) is 29.1. The van der Waals surface area contributed by atoms with Crippen molar-refractivity contribution in [2.75, 3.05) is 20.2 Å². The summed E-state index contributed by atoms with van der Waals surface area (Å²) in [6.45, 7) is -0.174. The van der Waals surface area contributed by atoms with Gasteiger partial charge in [-0.1, -0.05) is 91.0 Å². The number of hydrogen-bond acceptors (Lipinski definition) is 7. The van der Waals surface area contributed by atoms with Gasteiger partial charge in [0.2, 0.25) is 17.6 Å². The summed E-state index contributed by atoms with van der Waals surface area (Å²) in [5.41, 5.74) is 3.07. The van der Waals surface area contributed by atoms with Gasteiger partial charge < -0.3 is 29.5 Å². The monoisotopic (exact) mass is 772 g/mol. The number of nitrogens with zero attached hydrogens (tertiary/aromatic N) is 1. The molecule has 1 aliphatic carbocycles. The molecule has 2 amide bonds. The normalized spacial score (nSPS) is 20.0. The second-order valence-electron chi connectivity index (χ2n) is 12.0. The van der Waals surface area contributed by atoms with Gasteiger partial charge in [-0.2, -0.15) is 0 Å². The van der Waals surface area contributed by atoms with Crippen molar-refractivity contribution in [2.45, 2.75) is 43.0 Å². The maximum atomic E-state index is 14.3. The van der Waals surface area contributed by atoms with Gasteiger partial charge >= 0.3 is 5.97 Å². The van der Waals surface area contributed by atoms with E-state index in [4.69, 9.17) is 14.2 Å². The Kier molecular flexibility index (Phi) is 10.9. The Bertz CT molecular complexity index is 1750. The number of carbonyl (C=O) groups is 3. The summed E-state index contributed by atoms with van der Waals surface area (Å²) in [5.74, 6) is -2.69. The van der Waals surface area contributed by atoms with Crippen LogP contribution in [-0.4, -0.2) is 72.3 Å². The van der Waals surface area contributed by atoms with Crippen LogP contribution in [0.1, 0.15) is 33.5 Å². The largest absolute Gasteiger partial charge is 0.456 e. The van der Waals surface area contributed by atoms with Crippen molar-refractivity contribution in [3.05, 3.63) is 153 Å². The molecule has 0 bridgehead atoms. The topological polar surface area (TPSA) is 114 Å². The van der Waals surface area contributed by atoms with Crippen LogP contribution in [0.4, 0.5) is 0 Å². The Labute approximate surface area is 299 Å². The number of carbonyl (C=O) groups excluding carboxylic acids is 3. The average Bonchev–Trinajstić information content (AvgIpc) is 3.55. The van der Waals surface area contributed by atoms with Gasteiger partial charge in [0.05, 0.1) is 12.2 Å². The van der Waals surface area contributed by atoms with Crippen molar-refractivity contribution in [2.24, 2.45) is 0 Å². The summed E-state index contributed by atoms with van der Waals surface area (Å²) in [5, 5.41) is 12.1. The lowest BCUT2D eigenvalue weighted by molar-refractivity contribution is -0.157. The first-order valence-electron chi connectivity index (χ1n) is 16.1. The van der Waals surface area contributed by atoms with Crippen LogP contribution >= 0.6 is 22.6 Å². The molecule has 2 N–H and O–H groups in total. The number of rotatable bonds is 11. The third-order valence-electron chi connectivity index (χ3n) is 8.77. The molecule has 6 rings (SSSR count). The predicted octanol–water partition coefficient (Wildman–Crippen LogP) is 5.01.